The van der Waals surface area contributed by atoms with Crippen LogP contribution in [0.15, 0.2) is 42.6 Å². The van der Waals surface area contributed by atoms with Crippen LogP contribution in [0.4, 0.5) is 4.39 Å². The number of halogens is 1. The molecule has 1 heterocycles. The Morgan fingerprint density at radius 2 is 2.07 bits per heavy atom. The van der Waals surface area contributed by atoms with Gasteiger partial charge in [0.2, 0.25) is 0 Å². The standard InChI is InChI=1S/C12H11FN2/c13-11-3-1-2-10(7-11)12-6-9(8-14)4-5-15-12/h1-7H,8,14H2. The topological polar surface area (TPSA) is 38.9 Å². The summed E-state index contributed by atoms with van der Waals surface area (Å²) in [5.74, 6) is -0.257. The Kier molecular flexibility index (Phi) is 2.74. The zero-order valence-corrected chi connectivity index (χ0v) is 8.15. The average Bonchev–Trinajstić information content (AvgIpc) is 2.29. The Morgan fingerprint density at radius 3 is 2.80 bits per heavy atom. The minimum atomic E-state index is -0.257. The van der Waals surface area contributed by atoms with Gasteiger partial charge in [-0.3, -0.25) is 4.98 Å². The van der Waals surface area contributed by atoms with Gasteiger partial charge < -0.3 is 5.73 Å². The lowest BCUT2D eigenvalue weighted by molar-refractivity contribution is 0.628. The number of pyridine rings is 1. The minimum absolute atomic E-state index is 0.257. The van der Waals surface area contributed by atoms with Crippen LogP contribution in [0.5, 0.6) is 0 Å². The number of aromatic nitrogens is 1. The number of hydrogen-bond donors (Lipinski definition) is 1. The van der Waals surface area contributed by atoms with E-state index in [1.54, 1.807) is 12.3 Å². The molecule has 2 nitrogen and oxygen atoms in total. The van der Waals surface area contributed by atoms with Crippen molar-refractivity contribution in [3.8, 4) is 11.3 Å². The fourth-order valence-electron chi connectivity index (χ4n) is 1.41. The molecule has 0 spiro atoms. The molecule has 0 atom stereocenters. The fraction of sp³-hybridized carbons (Fsp3) is 0.0833. The second kappa shape index (κ2) is 4.19. The van der Waals surface area contributed by atoms with Gasteiger partial charge in [0.25, 0.3) is 0 Å². The number of hydrogen-bond acceptors (Lipinski definition) is 2. The van der Waals surface area contributed by atoms with Crippen LogP contribution in [0, 0.1) is 5.82 Å². The number of rotatable bonds is 2. The Bertz CT molecular complexity index is 469. The molecular weight excluding hydrogens is 191 g/mol. The summed E-state index contributed by atoms with van der Waals surface area (Å²) in [5.41, 5.74) is 8.03. The van der Waals surface area contributed by atoms with Crippen molar-refractivity contribution in [2.24, 2.45) is 5.73 Å². The molecule has 2 rings (SSSR count). The van der Waals surface area contributed by atoms with Crippen molar-refractivity contribution >= 4 is 0 Å². The largest absolute Gasteiger partial charge is 0.326 e. The van der Waals surface area contributed by atoms with Crippen LogP contribution in [-0.4, -0.2) is 4.98 Å². The van der Waals surface area contributed by atoms with Crippen molar-refractivity contribution in [2.75, 3.05) is 0 Å². The molecule has 76 valence electrons. The summed E-state index contributed by atoms with van der Waals surface area (Å²) in [5, 5.41) is 0. The molecule has 0 aliphatic heterocycles. The van der Waals surface area contributed by atoms with Gasteiger partial charge in [-0.1, -0.05) is 12.1 Å². The lowest BCUT2D eigenvalue weighted by Gasteiger charge is -2.02. The Hall–Kier alpha value is -1.74. The second-order valence-electron chi connectivity index (χ2n) is 3.26. The van der Waals surface area contributed by atoms with Crippen molar-refractivity contribution < 1.29 is 4.39 Å². The summed E-state index contributed by atoms with van der Waals surface area (Å²) < 4.78 is 13.0. The maximum absolute atomic E-state index is 13.0. The molecule has 0 fully saturated rings. The third-order valence-electron chi connectivity index (χ3n) is 2.18. The predicted octanol–water partition coefficient (Wildman–Crippen LogP) is 2.35. The molecule has 0 unspecified atom stereocenters. The van der Waals surface area contributed by atoms with E-state index in [0.717, 1.165) is 16.8 Å². The summed E-state index contributed by atoms with van der Waals surface area (Å²) in [6.45, 7) is 0.463. The molecule has 15 heavy (non-hydrogen) atoms. The van der Waals surface area contributed by atoms with Gasteiger partial charge in [0.15, 0.2) is 0 Å². The molecular formula is C12H11FN2. The van der Waals surface area contributed by atoms with Crippen LogP contribution in [0.25, 0.3) is 11.3 Å². The van der Waals surface area contributed by atoms with Crippen molar-refractivity contribution in [1.29, 1.82) is 0 Å². The minimum Gasteiger partial charge on any atom is -0.326 e. The van der Waals surface area contributed by atoms with Gasteiger partial charge in [-0.25, -0.2) is 4.39 Å². The number of benzene rings is 1. The molecule has 0 aliphatic carbocycles. The van der Waals surface area contributed by atoms with E-state index in [1.165, 1.54) is 12.1 Å². The number of nitrogens with two attached hydrogens (primary N) is 1. The third-order valence-corrected chi connectivity index (χ3v) is 2.18. The van der Waals surface area contributed by atoms with E-state index in [4.69, 9.17) is 5.73 Å². The Balaban J connectivity index is 2.44. The first-order chi connectivity index (χ1) is 7.29. The summed E-state index contributed by atoms with van der Waals surface area (Å²) in [6, 6.07) is 10.1. The van der Waals surface area contributed by atoms with Crippen molar-refractivity contribution in [3.05, 3.63) is 54.0 Å². The maximum atomic E-state index is 13.0. The van der Waals surface area contributed by atoms with Crippen LogP contribution in [0.2, 0.25) is 0 Å². The molecule has 1 aromatic heterocycles. The van der Waals surface area contributed by atoms with Gasteiger partial charge in [-0.05, 0) is 29.8 Å². The zero-order chi connectivity index (χ0) is 10.7. The smallest absolute Gasteiger partial charge is 0.123 e. The predicted molar refractivity (Wildman–Crippen MR) is 57.5 cm³/mol. The molecule has 1 aromatic carbocycles. The van der Waals surface area contributed by atoms with Crippen molar-refractivity contribution in [1.82, 2.24) is 4.98 Å². The van der Waals surface area contributed by atoms with E-state index in [9.17, 15) is 4.39 Å². The van der Waals surface area contributed by atoms with E-state index in [2.05, 4.69) is 4.98 Å². The third kappa shape index (κ3) is 2.19. The van der Waals surface area contributed by atoms with Crippen molar-refractivity contribution in [2.45, 2.75) is 6.54 Å². The highest BCUT2D eigenvalue weighted by Crippen LogP contribution is 2.18. The first kappa shape index (κ1) is 9.80. The normalized spacial score (nSPS) is 10.3. The van der Waals surface area contributed by atoms with E-state index in [0.29, 0.717) is 6.54 Å². The lowest BCUT2D eigenvalue weighted by Crippen LogP contribution is -1.97. The van der Waals surface area contributed by atoms with Crippen LogP contribution >= 0.6 is 0 Å². The number of nitrogens with zero attached hydrogens (tertiary/aromatic N) is 1. The first-order valence-corrected chi connectivity index (χ1v) is 4.70. The van der Waals surface area contributed by atoms with Gasteiger partial charge in [0, 0.05) is 18.3 Å². The van der Waals surface area contributed by atoms with Gasteiger partial charge in [-0.2, -0.15) is 0 Å². The highest BCUT2D eigenvalue weighted by molar-refractivity contribution is 5.59. The molecule has 3 heteroatoms. The lowest BCUT2D eigenvalue weighted by atomic mass is 10.1. The molecule has 0 saturated carbocycles. The molecule has 0 bridgehead atoms. The summed E-state index contributed by atoms with van der Waals surface area (Å²) in [6.07, 6.45) is 1.68. The monoisotopic (exact) mass is 202 g/mol. The highest BCUT2D eigenvalue weighted by atomic mass is 19.1. The molecule has 0 radical (unpaired) electrons. The fourth-order valence-corrected chi connectivity index (χ4v) is 1.41. The van der Waals surface area contributed by atoms with Gasteiger partial charge in [0.1, 0.15) is 5.82 Å². The van der Waals surface area contributed by atoms with Crippen molar-refractivity contribution in [3.63, 3.8) is 0 Å². The quantitative estimate of drug-likeness (QED) is 0.811. The molecule has 0 saturated heterocycles. The summed E-state index contributed by atoms with van der Waals surface area (Å²) >= 11 is 0. The molecule has 2 aromatic rings. The Morgan fingerprint density at radius 1 is 1.20 bits per heavy atom. The Labute approximate surface area is 87.6 Å². The molecule has 0 amide bonds. The second-order valence-corrected chi connectivity index (χ2v) is 3.26. The highest BCUT2D eigenvalue weighted by Gasteiger charge is 2.01. The first-order valence-electron chi connectivity index (χ1n) is 4.70. The summed E-state index contributed by atoms with van der Waals surface area (Å²) in [4.78, 5) is 4.18. The summed E-state index contributed by atoms with van der Waals surface area (Å²) in [7, 11) is 0. The van der Waals surface area contributed by atoms with Gasteiger partial charge in [-0.15, -0.1) is 0 Å². The van der Waals surface area contributed by atoms with Gasteiger partial charge in [0.05, 0.1) is 5.69 Å². The van der Waals surface area contributed by atoms with E-state index in [-0.39, 0.29) is 5.82 Å². The van der Waals surface area contributed by atoms with Gasteiger partial charge >= 0.3 is 0 Å². The molecule has 2 N–H and O–H groups in total. The van der Waals surface area contributed by atoms with E-state index in [1.807, 2.05) is 18.2 Å². The molecule has 0 aliphatic rings. The van der Waals surface area contributed by atoms with Crippen LogP contribution < -0.4 is 5.73 Å². The van der Waals surface area contributed by atoms with E-state index >= 15 is 0 Å². The van der Waals surface area contributed by atoms with Crippen LogP contribution in [0.1, 0.15) is 5.56 Å². The maximum Gasteiger partial charge on any atom is 0.123 e. The van der Waals surface area contributed by atoms with Crippen LogP contribution in [0.3, 0.4) is 0 Å². The average molecular weight is 202 g/mol. The SMILES string of the molecule is NCc1ccnc(-c2cccc(F)c2)c1. The van der Waals surface area contributed by atoms with E-state index < -0.39 is 0 Å². The van der Waals surface area contributed by atoms with Crippen LogP contribution in [-0.2, 0) is 6.54 Å². The zero-order valence-electron chi connectivity index (χ0n) is 8.15.